The average molecular weight is 514 g/mol. The normalized spacial score (nSPS) is 10.5. The number of rotatable bonds is 7. The van der Waals surface area contributed by atoms with Gasteiger partial charge in [-0.3, -0.25) is 14.9 Å². The molecule has 0 fully saturated rings. The number of carbonyl (C=O) groups excluding carboxylic acids is 2. The van der Waals surface area contributed by atoms with Crippen molar-refractivity contribution in [3.05, 3.63) is 88.7 Å². The van der Waals surface area contributed by atoms with Crippen LogP contribution in [-0.2, 0) is 4.79 Å². The van der Waals surface area contributed by atoms with Crippen molar-refractivity contribution in [2.45, 2.75) is 0 Å². The largest absolute Gasteiger partial charge is 0.493 e. The van der Waals surface area contributed by atoms with Crippen LogP contribution in [0.5, 0.6) is 11.5 Å². The molecule has 3 aromatic rings. The number of thiocarbonyl (C=S) groups is 1. The molecule has 3 aromatic carbocycles. The highest BCUT2D eigenvalue weighted by molar-refractivity contribution is 7.80. The lowest BCUT2D eigenvalue weighted by atomic mass is 10.2. The van der Waals surface area contributed by atoms with Gasteiger partial charge in [0.15, 0.2) is 16.6 Å². The molecule has 3 N–H and O–H groups in total. The van der Waals surface area contributed by atoms with Crippen LogP contribution in [0.25, 0.3) is 6.08 Å². The molecular weight excluding hydrogens is 493 g/mol. The Kier molecular flexibility index (Phi) is 8.77. The first-order valence-electron chi connectivity index (χ1n) is 10.2. The highest BCUT2D eigenvalue weighted by Gasteiger charge is 2.10. The minimum absolute atomic E-state index is 0.0508. The zero-order valence-electron chi connectivity index (χ0n) is 18.7. The molecule has 7 nitrogen and oxygen atoms in total. The van der Waals surface area contributed by atoms with E-state index in [1.807, 2.05) is 0 Å². The van der Waals surface area contributed by atoms with Gasteiger partial charge in [0.2, 0.25) is 5.91 Å². The van der Waals surface area contributed by atoms with Crippen LogP contribution in [0.15, 0.2) is 66.7 Å². The Labute approximate surface area is 211 Å². The topological polar surface area (TPSA) is 88.7 Å². The van der Waals surface area contributed by atoms with E-state index in [0.717, 1.165) is 11.6 Å². The summed E-state index contributed by atoms with van der Waals surface area (Å²) in [6.45, 7) is 0. The first-order chi connectivity index (χ1) is 16.8. The zero-order valence-corrected chi connectivity index (χ0v) is 20.3. The van der Waals surface area contributed by atoms with E-state index in [9.17, 15) is 14.0 Å². The molecule has 3 rings (SSSR count). The number of anilines is 2. The molecule has 0 aliphatic rings. The van der Waals surface area contributed by atoms with Crippen molar-refractivity contribution >= 4 is 58.2 Å². The van der Waals surface area contributed by atoms with Crippen LogP contribution < -0.4 is 25.4 Å². The summed E-state index contributed by atoms with van der Waals surface area (Å²) in [6.07, 6.45) is 2.93. The molecule has 10 heteroatoms. The lowest BCUT2D eigenvalue weighted by Gasteiger charge is -2.10. The van der Waals surface area contributed by atoms with Crippen molar-refractivity contribution in [3.63, 3.8) is 0 Å². The predicted octanol–water partition coefficient (Wildman–Crippen LogP) is 5.28. The summed E-state index contributed by atoms with van der Waals surface area (Å²) in [7, 11) is 3.07. The molecule has 0 saturated carbocycles. The lowest BCUT2D eigenvalue weighted by Crippen LogP contribution is -2.32. The third kappa shape index (κ3) is 7.26. The highest BCUT2D eigenvalue weighted by atomic mass is 35.5. The van der Waals surface area contributed by atoms with Crippen molar-refractivity contribution in [1.29, 1.82) is 0 Å². The molecule has 0 heterocycles. The number of benzene rings is 3. The quantitative estimate of drug-likeness (QED) is 0.294. The summed E-state index contributed by atoms with van der Waals surface area (Å²) >= 11 is 10.9. The number of methoxy groups -OCH3 is 2. The Morgan fingerprint density at radius 1 is 0.943 bits per heavy atom. The van der Waals surface area contributed by atoms with Crippen molar-refractivity contribution in [2.24, 2.45) is 0 Å². The van der Waals surface area contributed by atoms with E-state index in [-0.39, 0.29) is 10.1 Å². The van der Waals surface area contributed by atoms with Gasteiger partial charge in [-0.2, -0.15) is 0 Å². The van der Waals surface area contributed by atoms with Crippen LogP contribution in [-0.4, -0.2) is 31.1 Å². The molecule has 0 aliphatic heterocycles. The Morgan fingerprint density at radius 2 is 1.69 bits per heavy atom. The predicted molar refractivity (Wildman–Crippen MR) is 139 cm³/mol. The minimum atomic E-state index is -0.579. The van der Waals surface area contributed by atoms with Crippen molar-refractivity contribution in [3.8, 4) is 11.5 Å². The van der Waals surface area contributed by atoms with E-state index in [0.29, 0.717) is 28.4 Å². The standard InChI is InChI=1S/C25H21ClFN3O4S/c1-33-21-10-6-15(12-22(21)34-2)7-11-23(31)30-25(35)29-17-5-3-4-16(13-17)24(32)28-18-8-9-20(27)19(26)14-18/h3-14H,1-2H3,(H,28,32)(H2,29,30,31,35)/b11-7+. The number of carbonyl (C=O) groups is 2. The maximum Gasteiger partial charge on any atom is 0.255 e. The maximum absolute atomic E-state index is 13.3. The maximum atomic E-state index is 13.3. The minimum Gasteiger partial charge on any atom is -0.493 e. The van der Waals surface area contributed by atoms with Crippen LogP contribution in [0.1, 0.15) is 15.9 Å². The number of hydrogen-bond donors (Lipinski definition) is 3. The monoisotopic (exact) mass is 513 g/mol. The first-order valence-corrected chi connectivity index (χ1v) is 11.0. The third-order valence-electron chi connectivity index (χ3n) is 4.63. The summed E-state index contributed by atoms with van der Waals surface area (Å²) in [5.74, 6) is -0.330. The number of nitrogens with one attached hydrogen (secondary N) is 3. The van der Waals surface area contributed by atoms with E-state index < -0.39 is 17.6 Å². The molecule has 0 unspecified atom stereocenters. The second-order valence-corrected chi connectivity index (χ2v) is 7.87. The molecule has 35 heavy (non-hydrogen) atoms. The van der Waals surface area contributed by atoms with Gasteiger partial charge < -0.3 is 20.1 Å². The van der Waals surface area contributed by atoms with Gasteiger partial charge in [-0.05, 0) is 72.4 Å². The van der Waals surface area contributed by atoms with Gasteiger partial charge in [0, 0.05) is 23.0 Å². The Morgan fingerprint density at radius 3 is 2.40 bits per heavy atom. The second-order valence-electron chi connectivity index (χ2n) is 7.05. The zero-order chi connectivity index (χ0) is 25.4. The fraction of sp³-hybridized carbons (Fsp3) is 0.0800. The summed E-state index contributed by atoms with van der Waals surface area (Å²) in [5.41, 5.74) is 1.89. The van der Waals surface area contributed by atoms with E-state index in [1.54, 1.807) is 55.7 Å². The Bertz CT molecular complexity index is 1300. The molecule has 0 aliphatic carbocycles. The average Bonchev–Trinajstić information content (AvgIpc) is 2.84. The summed E-state index contributed by atoms with van der Waals surface area (Å²) < 4.78 is 23.7. The fourth-order valence-corrected chi connectivity index (χ4v) is 3.36. The van der Waals surface area contributed by atoms with Crippen LogP contribution in [0.2, 0.25) is 5.02 Å². The lowest BCUT2D eigenvalue weighted by molar-refractivity contribution is -0.115. The van der Waals surface area contributed by atoms with Gasteiger partial charge in [0.1, 0.15) is 5.82 Å². The summed E-state index contributed by atoms with van der Waals surface area (Å²) in [5, 5.41) is 7.99. The molecule has 0 spiro atoms. The first kappa shape index (κ1) is 25.7. The van der Waals surface area contributed by atoms with Gasteiger partial charge in [0.25, 0.3) is 5.91 Å². The van der Waals surface area contributed by atoms with Gasteiger partial charge in [-0.25, -0.2) is 4.39 Å². The van der Waals surface area contributed by atoms with Gasteiger partial charge >= 0.3 is 0 Å². The Balaban J connectivity index is 1.58. The summed E-state index contributed by atoms with van der Waals surface area (Å²) in [6, 6.07) is 15.6. The SMILES string of the molecule is COc1ccc(/C=C/C(=O)NC(=S)Nc2cccc(C(=O)Nc3ccc(F)c(Cl)c3)c2)cc1OC. The second kappa shape index (κ2) is 12.0. The van der Waals surface area contributed by atoms with E-state index in [2.05, 4.69) is 16.0 Å². The number of amides is 2. The van der Waals surface area contributed by atoms with E-state index in [1.165, 1.54) is 25.3 Å². The number of ether oxygens (including phenoxy) is 2. The van der Waals surface area contributed by atoms with E-state index >= 15 is 0 Å². The number of halogens is 2. The molecule has 0 atom stereocenters. The van der Waals surface area contributed by atoms with Gasteiger partial charge in [-0.15, -0.1) is 0 Å². The highest BCUT2D eigenvalue weighted by Crippen LogP contribution is 2.28. The van der Waals surface area contributed by atoms with E-state index in [4.69, 9.17) is 33.3 Å². The van der Waals surface area contributed by atoms with Crippen LogP contribution in [0, 0.1) is 5.82 Å². The number of hydrogen-bond acceptors (Lipinski definition) is 5. The van der Waals surface area contributed by atoms with Crippen LogP contribution >= 0.6 is 23.8 Å². The van der Waals surface area contributed by atoms with Crippen molar-refractivity contribution < 1.29 is 23.5 Å². The third-order valence-corrected chi connectivity index (χ3v) is 5.13. The fourth-order valence-electron chi connectivity index (χ4n) is 2.96. The Hall–Kier alpha value is -3.95. The molecule has 0 radical (unpaired) electrons. The molecule has 0 aromatic heterocycles. The molecule has 0 bridgehead atoms. The molecular formula is C25H21ClFN3O4S. The van der Waals surface area contributed by atoms with Crippen molar-refractivity contribution in [2.75, 3.05) is 24.9 Å². The molecule has 180 valence electrons. The van der Waals surface area contributed by atoms with Gasteiger partial charge in [-0.1, -0.05) is 23.7 Å². The van der Waals surface area contributed by atoms with Crippen LogP contribution in [0.4, 0.5) is 15.8 Å². The van der Waals surface area contributed by atoms with Crippen LogP contribution in [0.3, 0.4) is 0 Å². The summed E-state index contributed by atoms with van der Waals surface area (Å²) in [4.78, 5) is 24.8. The van der Waals surface area contributed by atoms with Gasteiger partial charge in [0.05, 0.1) is 19.2 Å². The smallest absolute Gasteiger partial charge is 0.255 e. The van der Waals surface area contributed by atoms with Crippen molar-refractivity contribution in [1.82, 2.24) is 5.32 Å². The molecule has 2 amide bonds. The molecule has 0 saturated heterocycles.